The van der Waals surface area contributed by atoms with Crippen molar-refractivity contribution in [1.82, 2.24) is 0 Å². The lowest BCUT2D eigenvalue weighted by molar-refractivity contribution is 0.0179. The van der Waals surface area contributed by atoms with E-state index < -0.39 is 5.60 Å². The SMILES string of the molecule is C#CCCC1(O)CCCCCC1. The lowest BCUT2D eigenvalue weighted by atomic mass is 9.90. The lowest BCUT2D eigenvalue weighted by Crippen LogP contribution is -2.27. The highest BCUT2D eigenvalue weighted by Crippen LogP contribution is 2.30. The average Bonchev–Trinajstić information content (AvgIpc) is 2.27. The zero-order valence-corrected chi connectivity index (χ0v) is 7.68. The molecule has 1 rings (SSSR count). The van der Waals surface area contributed by atoms with Gasteiger partial charge in [-0.3, -0.25) is 0 Å². The molecule has 0 bridgehead atoms. The normalized spacial score (nSPS) is 22.7. The van der Waals surface area contributed by atoms with Crippen LogP contribution in [0, 0.1) is 12.3 Å². The maximum Gasteiger partial charge on any atom is 0.0656 e. The maximum absolute atomic E-state index is 10.1. The second-order valence-electron chi connectivity index (χ2n) is 3.84. The molecule has 0 aliphatic heterocycles. The van der Waals surface area contributed by atoms with Crippen LogP contribution in [0.2, 0.25) is 0 Å². The van der Waals surface area contributed by atoms with Gasteiger partial charge in [0.2, 0.25) is 0 Å². The van der Waals surface area contributed by atoms with Crippen molar-refractivity contribution in [1.29, 1.82) is 0 Å². The van der Waals surface area contributed by atoms with E-state index in [-0.39, 0.29) is 0 Å². The molecule has 1 N–H and O–H groups in total. The Morgan fingerprint density at radius 2 is 1.75 bits per heavy atom. The summed E-state index contributed by atoms with van der Waals surface area (Å²) in [7, 11) is 0. The van der Waals surface area contributed by atoms with Crippen molar-refractivity contribution in [2.45, 2.75) is 57.0 Å². The Morgan fingerprint density at radius 1 is 1.17 bits per heavy atom. The molecule has 0 atom stereocenters. The zero-order valence-electron chi connectivity index (χ0n) is 7.68. The quantitative estimate of drug-likeness (QED) is 0.493. The van der Waals surface area contributed by atoms with E-state index in [1.54, 1.807) is 0 Å². The van der Waals surface area contributed by atoms with Crippen LogP contribution in [0.5, 0.6) is 0 Å². The second-order valence-corrected chi connectivity index (χ2v) is 3.84. The summed E-state index contributed by atoms with van der Waals surface area (Å²) in [5.41, 5.74) is -0.428. The smallest absolute Gasteiger partial charge is 0.0656 e. The van der Waals surface area contributed by atoms with E-state index >= 15 is 0 Å². The van der Waals surface area contributed by atoms with Gasteiger partial charge in [-0.15, -0.1) is 12.3 Å². The van der Waals surface area contributed by atoms with Crippen LogP contribution in [0.15, 0.2) is 0 Å². The van der Waals surface area contributed by atoms with Crippen LogP contribution in [-0.2, 0) is 0 Å². The highest BCUT2D eigenvalue weighted by Gasteiger charge is 2.26. The van der Waals surface area contributed by atoms with E-state index in [4.69, 9.17) is 6.42 Å². The van der Waals surface area contributed by atoms with Crippen molar-refractivity contribution in [3.8, 4) is 12.3 Å². The second kappa shape index (κ2) is 4.52. The Bertz CT molecular complexity index is 158. The van der Waals surface area contributed by atoms with Gasteiger partial charge in [0.05, 0.1) is 5.60 Å². The summed E-state index contributed by atoms with van der Waals surface area (Å²) in [6, 6.07) is 0. The van der Waals surface area contributed by atoms with Crippen LogP contribution in [0.3, 0.4) is 0 Å². The zero-order chi connectivity index (χ0) is 8.86. The first kappa shape index (κ1) is 9.61. The van der Waals surface area contributed by atoms with Crippen molar-refractivity contribution in [3.63, 3.8) is 0 Å². The fourth-order valence-corrected chi connectivity index (χ4v) is 1.94. The molecular weight excluding hydrogens is 148 g/mol. The number of hydrogen-bond donors (Lipinski definition) is 1. The Hall–Kier alpha value is -0.480. The van der Waals surface area contributed by atoms with Gasteiger partial charge in [-0.05, 0) is 19.3 Å². The molecule has 1 fully saturated rings. The largest absolute Gasteiger partial charge is 0.390 e. The molecule has 0 aromatic heterocycles. The van der Waals surface area contributed by atoms with E-state index in [0.29, 0.717) is 0 Å². The van der Waals surface area contributed by atoms with Crippen molar-refractivity contribution < 1.29 is 5.11 Å². The standard InChI is InChI=1S/C11H18O/c1-2-3-8-11(12)9-6-4-5-7-10-11/h1,12H,3-10H2. The highest BCUT2D eigenvalue weighted by molar-refractivity contribution is 4.90. The third-order valence-electron chi connectivity index (χ3n) is 2.77. The Balaban J connectivity index is 2.38. The van der Waals surface area contributed by atoms with Crippen LogP contribution >= 0.6 is 0 Å². The van der Waals surface area contributed by atoms with Gasteiger partial charge in [0.25, 0.3) is 0 Å². The van der Waals surface area contributed by atoms with E-state index in [1.165, 1.54) is 25.7 Å². The first-order chi connectivity index (χ1) is 5.77. The molecule has 0 amide bonds. The molecule has 1 aliphatic carbocycles. The fraction of sp³-hybridized carbons (Fsp3) is 0.818. The molecule has 0 unspecified atom stereocenters. The summed E-state index contributed by atoms with van der Waals surface area (Å²) in [6.45, 7) is 0. The minimum absolute atomic E-state index is 0.428. The molecule has 1 heteroatoms. The fourth-order valence-electron chi connectivity index (χ4n) is 1.94. The van der Waals surface area contributed by atoms with Gasteiger partial charge in [0, 0.05) is 6.42 Å². The summed E-state index contributed by atoms with van der Waals surface area (Å²) < 4.78 is 0. The minimum Gasteiger partial charge on any atom is -0.390 e. The first-order valence-corrected chi connectivity index (χ1v) is 4.93. The van der Waals surface area contributed by atoms with Gasteiger partial charge in [0.1, 0.15) is 0 Å². The van der Waals surface area contributed by atoms with Crippen LogP contribution in [0.1, 0.15) is 51.4 Å². The van der Waals surface area contributed by atoms with Gasteiger partial charge >= 0.3 is 0 Å². The minimum atomic E-state index is -0.428. The van der Waals surface area contributed by atoms with Crippen LogP contribution in [0.25, 0.3) is 0 Å². The van der Waals surface area contributed by atoms with Gasteiger partial charge in [0.15, 0.2) is 0 Å². The van der Waals surface area contributed by atoms with Crippen LogP contribution in [-0.4, -0.2) is 10.7 Å². The third-order valence-corrected chi connectivity index (χ3v) is 2.77. The summed E-state index contributed by atoms with van der Waals surface area (Å²) in [5.74, 6) is 2.60. The first-order valence-electron chi connectivity index (χ1n) is 4.93. The molecule has 0 aromatic carbocycles. The van der Waals surface area contributed by atoms with E-state index in [1.807, 2.05) is 0 Å². The van der Waals surface area contributed by atoms with Gasteiger partial charge in [-0.1, -0.05) is 25.7 Å². The molecule has 0 heterocycles. The predicted octanol–water partition coefficient (Wildman–Crippen LogP) is 2.49. The molecular formula is C11H18O. The molecule has 0 aromatic rings. The van der Waals surface area contributed by atoms with Gasteiger partial charge < -0.3 is 5.11 Å². The van der Waals surface area contributed by atoms with E-state index in [0.717, 1.165) is 25.7 Å². The van der Waals surface area contributed by atoms with Gasteiger partial charge in [-0.25, -0.2) is 0 Å². The summed E-state index contributed by atoms with van der Waals surface area (Å²) in [6.07, 6.45) is 13.5. The van der Waals surface area contributed by atoms with Gasteiger partial charge in [-0.2, -0.15) is 0 Å². The average molecular weight is 166 g/mol. The molecule has 1 aliphatic rings. The molecule has 0 spiro atoms. The predicted molar refractivity (Wildman–Crippen MR) is 50.7 cm³/mol. The van der Waals surface area contributed by atoms with Crippen molar-refractivity contribution in [2.24, 2.45) is 0 Å². The van der Waals surface area contributed by atoms with Crippen molar-refractivity contribution >= 4 is 0 Å². The molecule has 68 valence electrons. The number of hydrogen-bond acceptors (Lipinski definition) is 1. The molecule has 12 heavy (non-hydrogen) atoms. The molecule has 1 saturated carbocycles. The number of rotatable bonds is 2. The van der Waals surface area contributed by atoms with Crippen molar-refractivity contribution in [3.05, 3.63) is 0 Å². The van der Waals surface area contributed by atoms with Crippen LogP contribution < -0.4 is 0 Å². The monoisotopic (exact) mass is 166 g/mol. The maximum atomic E-state index is 10.1. The van der Waals surface area contributed by atoms with Crippen LogP contribution in [0.4, 0.5) is 0 Å². The molecule has 0 saturated heterocycles. The molecule has 1 nitrogen and oxygen atoms in total. The summed E-state index contributed by atoms with van der Waals surface area (Å²) >= 11 is 0. The highest BCUT2D eigenvalue weighted by atomic mass is 16.3. The van der Waals surface area contributed by atoms with Crippen molar-refractivity contribution in [2.75, 3.05) is 0 Å². The summed E-state index contributed by atoms with van der Waals surface area (Å²) in [4.78, 5) is 0. The number of aliphatic hydroxyl groups is 1. The third kappa shape index (κ3) is 2.87. The van der Waals surface area contributed by atoms with E-state index in [2.05, 4.69) is 5.92 Å². The Kier molecular flexibility index (Phi) is 3.62. The van der Waals surface area contributed by atoms with E-state index in [9.17, 15) is 5.11 Å². The Morgan fingerprint density at radius 3 is 2.25 bits per heavy atom. The summed E-state index contributed by atoms with van der Waals surface area (Å²) in [5, 5.41) is 10.1. The lowest BCUT2D eigenvalue weighted by Gasteiger charge is -2.25. The Labute approximate surface area is 75.2 Å². The molecule has 0 radical (unpaired) electrons. The number of terminal acetylenes is 1. The topological polar surface area (TPSA) is 20.2 Å².